The molecule has 1 aliphatic carbocycles. The zero-order valence-corrected chi connectivity index (χ0v) is 20.2. The minimum absolute atomic E-state index is 0.193. The first kappa shape index (κ1) is 24.9. The summed E-state index contributed by atoms with van der Waals surface area (Å²) in [7, 11) is 0. The van der Waals surface area contributed by atoms with Gasteiger partial charge in [-0.3, -0.25) is 4.90 Å². The molecule has 0 amide bonds. The maximum atomic E-state index is 13.2. The van der Waals surface area contributed by atoms with E-state index in [2.05, 4.69) is 46.3 Å². The molecular weight excluding hydrogens is 439 g/mol. The molecule has 2 fully saturated rings. The van der Waals surface area contributed by atoms with Crippen LogP contribution in [0, 0.1) is 13.8 Å². The molecular formula is C27H36F3N3O. The van der Waals surface area contributed by atoms with Crippen LogP contribution in [0.25, 0.3) is 0 Å². The first-order valence-corrected chi connectivity index (χ1v) is 12.4. The number of aryl methyl sites for hydroxylation is 2. The lowest BCUT2D eigenvalue weighted by atomic mass is 9.92. The lowest BCUT2D eigenvalue weighted by molar-refractivity contribution is -0.138. The van der Waals surface area contributed by atoms with Gasteiger partial charge in [0.2, 0.25) is 0 Å². The highest BCUT2D eigenvalue weighted by Crippen LogP contribution is 2.34. The molecule has 1 saturated heterocycles. The molecule has 4 nitrogen and oxygen atoms in total. The Balaban J connectivity index is 1.14. The van der Waals surface area contributed by atoms with Gasteiger partial charge < -0.3 is 15.0 Å². The van der Waals surface area contributed by atoms with Crippen LogP contribution in [0.3, 0.4) is 0 Å². The summed E-state index contributed by atoms with van der Waals surface area (Å²) in [4.78, 5) is 4.91. The number of nitrogens with zero attached hydrogens (tertiary/aromatic N) is 2. The van der Waals surface area contributed by atoms with Crippen LogP contribution in [-0.2, 0) is 10.9 Å². The summed E-state index contributed by atoms with van der Waals surface area (Å²) in [6.07, 6.45) is -0.367. The molecule has 2 aromatic rings. The molecule has 0 bridgehead atoms. The van der Waals surface area contributed by atoms with Crippen LogP contribution >= 0.6 is 0 Å². The van der Waals surface area contributed by atoms with Crippen LogP contribution in [0.5, 0.6) is 0 Å². The summed E-state index contributed by atoms with van der Waals surface area (Å²) in [6, 6.07) is 13.4. The summed E-state index contributed by atoms with van der Waals surface area (Å²) in [5, 5.41) is 3.30. The molecule has 1 N–H and O–H groups in total. The van der Waals surface area contributed by atoms with E-state index in [9.17, 15) is 13.2 Å². The predicted molar refractivity (Wildman–Crippen MR) is 132 cm³/mol. The number of anilines is 2. The number of piperazine rings is 1. The third kappa shape index (κ3) is 6.66. The Bertz CT molecular complexity index is 916. The van der Waals surface area contributed by atoms with E-state index in [0.29, 0.717) is 5.69 Å². The van der Waals surface area contributed by atoms with Gasteiger partial charge >= 0.3 is 6.18 Å². The van der Waals surface area contributed by atoms with Gasteiger partial charge in [-0.05, 0) is 69.4 Å². The number of hydrogen-bond donors (Lipinski definition) is 1. The highest BCUT2D eigenvalue weighted by molar-refractivity contribution is 5.50. The van der Waals surface area contributed by atoms with Crippen LogP contribution < -0.4 is 10.2 Å². The third-order valence-electron chi connectivity index (χ3n) is 7.12. The van der Waals surface area contributed by atoms with Gasteiger partial charge in [-0.15, -0.1) is 0 Å². The summed E-state index contributed by atoms with van der Waals surface area (Å²) in [5.74, 6) is 0. The van der Waals surface area contributed by atoms with E-state index in [1.807, 2.05) is 0 Å². The number of alkyl halides is 3. The second-order valence-electron chi connectivity index (χ2n) is 9.68. The summed E-state index contributed by atoms with van der Waals surface area (Å²) in [6.45, 7) is 9.46. The quantitative estimate of drug-likeness (QED) is 0.541. The molecule has 2 aliphatic rings. The van der Waals surface area contributed by atoms with Crippen molar-refractivity contribution in [1.29, 1.82) is 0 Å². The van der Waals surface area contributed by atoms with E-state index >= 15 is 0 Å². The van der Waals surface area contributed by atoms with Crippen molar-refractivity contribution in [3.63, 3.8) is 0 Å². The zero-order valence-electron chi connectivity index (χ0n) is 20.2. The fourth-order valence-corrected chi connectivity index (χ4v) is 4.96. The van der Waals surface area contributed by atoms with Crippen molar-refractivity contribution in [3.8, 4) is 0 Å². The average molecular weight is 476 g/mol. The molecule has 186 valence electrons. The molecule has 34 heavy (non-hydrogen) atoms. The van der Waals surface area contributed by atoms with Crippen molar-refractivity contribution >= 4 is 11.4 Å². The zero-order chi connectivity index (χ0) is 24.1. The lowest BCUT2D eigenvalue weighted by Gasteiger charge is -2.36. The minimum atomic E-state index is -4.32. The Hall–Kier alpha value is -2.25. The van der Waals surface area contributed by atoms with E-state index in [4.69, 9.17) is 4.74 Å². The van der Waals surface area contributed by atoms with Crippen LogP contribution in [0.15, 0.2) is 42.5 Å². The predicted octanol–water partition coefficient (Wildman–Crippen LogP) is 5.88. The van der Waals surface area contributed by atoms with E-state index in [1.165, 1.54) is 24.2 Å². The van der Waals surface area contributed by atoms with Gasteiger partial charge in [0.1, 0.15) is 0 Å². The van der Waals surface area contributed by atoms with Crippen molar-refractivity contribution in [3.05, 3.63) is 59.2 Å². The first-order chi connectivity index (χ1) is 16.3. The summed E-state index contributed by atoms with van der Waals surface area (Å²) in [5.41, 5.74) is 2.83. The Labute approximate surface area is 201 Å². The molecule has 2 aromatic carbocycles. The maximum Gasteiger partial charge on any atom is 0.416 e. The highest BCUT2D eigenvalue weighted by atomic mass is 19.4. The molecule has 0 unspecified atom stereocenters. The average Bonchev–Trinajstić information content (AvgIpc) is 2.82. The van der Waals surface area contributed by atoms with Gasteiger partial charge in [-0.2, -0.15) is 13.2 Å². The first-order valence-electron chi connectivity index (χ1n) is 12.4. The van der Waals surface area contributed by atoms with E-state index < -0.39 is 11.7 Å². The van der Waals surface area contributed by atoms with E-state index in [-0.39, 0.29) is 17.7 Å². The van der Waals surface area contributed by atoms with Crippen molar-refractivity contribution in [1.82, 2.24) is 4.90 Å². The molecule has 0 atom stereocenters. The molecule has 7 heteroatoms. The van der Waals surface area contributed by atoms with Gasteiger partial charge in [0, 0.05) is 50.1 Å². The van der Waals surface area contributed by atoms with Gasteiger partial charge in [0.25, 0.3) is 0 Å². The third-order valence-corrected chi connectivity index (χ3v) is 7.12. The number of halogens is 3. The molecule has 1 heterocycles. The van der Waals surface area contributed by atoms with Crippen LogP contribution in [0.1, 0.15) is 42.4 Å². The lowest BCUT2D eigenvalue weighted by Crippen LogP contribution is -2.47. The van der Waals surface area contributed by atoms with Crippen LogP contribution in [0.4, 0.5) is 24.5 Å². The molecule has 0 aromatic heterocycles. The number of nitrogens with one attached hydrogen (secondary N) is 1. The smallest absolute Gasteiger partial charge is 0.382 e. The fourth-order valence-electron chi connectivity index (χ4n) is 4.96. The normalized spacial score (nSPS) is 22.1. The summed E-state index contributed by atoms with van der Waals surface area (Å²) >= 11 is 0. The Morgan fingerprint density at radius 2 is 1.59 bits per heavy atom. The Morgan fingerprint density at radius 3 is 2.24 bits per heavy atom. The molecule has 1 aliphatic heterocycles. The fraction of sp³-hybridized carbons (Fsp3) is 0.556. The maximum absolute atomic E-state index is 13.2. The molecule has 0 spiro atoms. The summed E-state index contributed by atoms with van der Waals surface area (Å²) < 4.78 is 45.7. The molecule has 4 rings (SSSR count). The Morgan fingerprint density at radius 1 is 0.912 bits per heavy atom. The van der Waals surface area contributed by atoms with Gasteiger partial charge in [0.15, 0.2) is 0 Å². The monoisotopic (exact) mass is 475 g/mol. The van der Waals surface area contributed by atoms with Crippen molar-refractivity contribution < 1.29 is 17.9 Å². The topological polar surface area (TPSA) is 27.7 Å². The largest absolute Gasteiger partial charge is 0.416 e. The van der Waals surface area contributed by atoms with E-state index in [0.717, 1.165) is 65.0 Å². The second kappa shape index (κ2) is 11.0. The van der Waals surface area contributed by atoms with Crippen molar-refractivity contribution in [2.75, 3.05) is 49.5 Å². The van der Waals surface area contributed by atoms with E-state index in [1.54, 1.807) is 12.1 Å². The number of hydrogen-bond acceptors (Lipinski definition) is 4. The molecule has 0 radical (unpaired) electrons. The molecule has 1 saturated carbocycles. The van der Waals surface area contributed by atoms with Gasteiger partial charge in [0.05, 0.1) is 18.3 Å². The number of benzene rings is 2. The standard InChI is InChI=1S/C27H36F3N3O/c1-20-3-9-24(10-4-20)33-15-13-32(14-16-33)17-18-34-25-11-7-22(8-12-25)31-23-6-5-21(2)26(19-23)27(28,29)30/h3-6,9-10,19,22,25,31H,7-8,11-18H2,1-2H3. The van der Waals surface area contributed by atoms with Crippen molar-refractivity contribution in [2.45, 2.75) is 57.9 Å². The van der Waals surface area contributed by atoms with Gasteiger partial charge in [-0.1, -0.05) is 23.8 Å². The Kier molecular flexibility index (Phi) is 8.04. The number of rotatable bonds is 7. The van der Waals surface area contributed by atoms with Gasteiger partial charge in [-0.25, -0.2) is 0 Å². The minimum Gasteiger partial charge on any atom is -0.382 e. The van der Waals surface area contributed by atoms with Crippen LogP contribution in [0.2, 0.25) is 0 Å². The number of ether oxygens (including phenoxy) is 1. The second-order valence-corrected chi connectivity index (χ2v) is 9.68. The SMILES string of the molecule is Cc1ccc(N2CCN(CCOC3CCC(Nc4ccc(C)c(C(F)(F)F)c4)CC3)CC2)cc1. The van der Waals surface area contributed by atoms with Crippen molar-refractivity contribution in [2.24, 2.45) is 0 Å². The highest BCUT2D eigenvalue weighted by Gasteiger charge is 2.32. The van der Waals surface area contributed by atoms with Crippen LogP contribution in [-0.4, -0.2) is 56.4 Å².